The minimum Gasteiger partial charge on any atom is -0.493 e. The lowest BCUT2D eigenvalue weighted by Crippen LogP contribution is -2.25. The van der Waals surface area contributed by atoms with Crippen molar-refractivity contribution in [1.82, 2.24) is 9.88 Å². The molecule has 0 unspecified atom stereocenters. The molecule has 0 aliphatic heterocycles. The molecular weight excluding hydrogens is 374 g/mol. The van der Waals surface area contributed by atoms with Gasteiger partial charge in [-0.05, 0) is 31.6 Å². The monoisotopic (exact) mass is 392 g/mol. The fourth-order valence-corrected chi connectivity index (χ4v) is 2.75. The number of pyridine rings is 1. The summed E-state index contributed by atoms with van der Waals surface area (Å²) in [4.78, 5) is 6.44. The molecule has 3 nitrogen and oxygen atoms in total. The molecule has 0 aliphatic rings. The molecule has 0 amide bonds. The zero-order chi connectivity index (χ0) is 17.7. The molecular formula is C17H20Cl3FN2O. The molecule has 0 bridgehead atoms. The normalized spacial score (nSPS) is 12.1. The second-order valence-electron chi connectivity index (χ2n) is 5.37. The highest BCUT2D eigenvalue weighted by molar-refractivity contribution is 6.66. The first-order valence-electron chi connectivity index (χ1n) is 7.88. The molecule has 0 radical (unpaired) electrons. The van der Waals surface area contributed by atoms with E-state index in [0.29, 0.717) is 17.7 Å². The maximum Gasteiger partial charge on any atom is 0.232 e. The van der Waals surface area contributed by atoms with Gasteiger partial charge in [0.2, 0.25) is 3.79 Å². The number of para-hydroxylation sites is 1. The third-order valence-electron chi connectivity index (χ3n) is 3.81. The summed E-state index contributed by atoms with van der Waals surface area (Å²) < 4.78 is 18.2. The standard InChI is InChI=1S/C17H20Cl3FN2O/c1-3-23(4-2)9-6-10-24-14-11-15(17(18,19)20)22-16-12(14)7-5-8-13(16)21/h5,7-8,11H,3-4,6,9-10H2,1-2H3. The van der Waals surface area contributed by atoms with Crippen molar-refractivity contribution >= 4 is 45.7 Å². The highest BCUT2D eigenvalue weighted by Gasteiger charge is 2.27. The van der Waals surface area contributed by atoms with E-state index in [-0.39, 0.29) is 11.2 Å². The first-order valence-corrected chi connectivity index (χ1v) is 9.01. The molecule has 7 heteroatoms. The SMILES string of the molecule is CCN(CC)CCCOc1cc(C(Cl)(Cl)Cl)nc2c(F)cccc12. The van der Waals surface area contributed by atoms with Gasteiger partial charge in [-0.3, -0.25) is 0 Å². The molecule has 132 valence electrons. The van der Waals surface area contributed by atoms with Gasteiger partial charge in [0, 0.05) is 18.0 Å². The Morgan fingerprint density at radius 2 is 1.92 bits per heavy atom. The zero-order valence-corrected chi connectivity index (χ0v) is 15.9. The van der Waals surface area contributed by atoms with Crippen molar-refractivity contribution in [2.24, 2.45) is 0 Å². The first-order chi connectivity index (χ1) is 11.4. The number of aromatic nitrogens is 1. The van der Waals surface area contributed by atoms with Gasteiger partial charge >= 0.3 is 0 Å². The van der Waals surface area contributed by atoms with Crippen molar-refractivity contribution in [2.75, 3.05) is 26.2 Å². The van der Waals surface area contributed by atoms with E-state index >= 15 is 0 Å². The van der Waals surface area contributed by atoms with Crippen LogP contribution in [0.3, 0.4) is 0 Å². The second kappa shape index (κ2) is 8.52. The summed E-state index contributed by atoms with van der Waals surface area (Å²) in [5.41, 5.74) is 0.281. The van der Waals surface area contributed by atoms with Crippen molar-refractivity contribution in [2.45, 2.75) is 24.1 Å². The molecule has 1 heterocycles. The molecule has 1 aromatic carbocycles. The average molecular weight is 394 g/mol. The van der Waals surface area contributed by atoms with E-state index in [1.54, 1.807) is 18.2 Å². The molecule has 0 atom stereocenters. The highest BCUT2D eigenvalue weighted by atomic mass is 35.6. The van der Waals surface area contributed by atoms with Gasteiger partial charge in [0.25, 0.3) is 0 Å². The van der Waals surface area contributed by atoms with Gasteiger partial charge in [0.1, 0.15) is 17.1 Å². The van der Waals surface area contributed by atoms with Gasteiger partial charge in [0.05, 0.1) is 12.3 Å². The lowest BCUT2D eigenvalue weighted by molar-refractivity contribution is 0.250. The Hall–Kier alpha value is -0.810. The molecule has 0 fully saturated rings. The van der Waals surface area contributed by atoms with Crippen LogP contribution < -0.4 is 4.74 Å². The highest BCUT2D eigenvalue weighted by Crippen LogP contribution is 2.40. The van der Waals surface area contributed by atoms with Crippen LogP contribution in [0.15, 0.2) is 24.3 Å². The second-order valence-corrected chi connectivity index (χ2v) is 7.65. The van der Waals surface area contributed by atoms with Gasteiger partial charge in [-0.25, -0.2) is 9.37 Å². The number of ether oxygens (including phenoxy) is 1. The summed E-state index contributed by atoms with van der Waals surface area (Å²) in [5.74, 6) is -0.00281. The van der Waals surface area contributed by atoms with Crippen LogP contribution in [0.4, 0.5) is 4.39 Å². The average Bonchev–Trinajstić information content (AvgIpc) is 2.54. The van der Waals surface area contributed by atoms with E-state index in [9.17, 15) is 4.39 Å². The lowest BCUT2D eigenvalue weighted by atomic mass is 10.1. The maximum atomic E-state index is 14.1. The molecule has 2 aromatic rings. The Bertz CT molecular complexity index is 687. The molecule has 0 saturated carbocycles. The van der Waals surface area contributed by atoms with Gasteiger partial charge in [-0.2, -0.15) is 0 Å². The van der Waals surface area contributed by atoms with Gasteiger partial charge in [0.15, 0.2) is 0 Å². The number of hydrogen-bond donors (Lipinski definition) is 0. The maximum absolute atomic E-state index is 14.1. The Balaban J connectivity index is 2.23. The van der Waals surface area contributed by atoms with Crippen molar-refractivity contribution in [3.8, 4) is 5.75 Å². The summed E-state index contributed by atoms with van der Waals surface area (Å²) in [7, 11) is 0. The van der Waals surface area contributed by atoms with Gasteiger partial charge in [-0.1, -0.05) is 54.7 Å². The van der Waals surface area contributed by atoms with Crippen molar-refractivity contribution in [1.29, 1.82) is 0 Å². The molecule has 0 aliphatic carbocycles. The van der Waals surface area contributed by atoms with E-state index in [2.05, 4.69) is 23.7 Å². The summed E-state index contributed by atoms with van der Waals surface area (Å²) in [6, 6.07) is 6.23. The summed E-state index contributed by atoms with van der Waals surface area (Å²) in [6.45, 7) is 7.66. The van der Waals surface area contributed by atoms with E-state index in [4.69, 9.17) is 39.5 Å². The number of fused-ring (bicyclic) bond motifs is 1. The number of benzene rings is 1. The van der Waals surface area contributed by atoms with E-state index in [1.165, 1.54) is 6.07 Å². The third-order valence-corrected chi connectivity index (χ3v) is 4.39. The predicted molar refractivity (Wildman–Crippen MR) is 98.8 cm³/mol. The Labute approximate surface area is 156 Å². The first kappa shape index (κ1) is 19.5. The largest absolute Gasteiger partial charge is 0.493 e. The Morgan fingerprint density at radius 1 is 1.21 bits per heavy atom. The van der Waals surface area contributed by atoms with E-state index < -0.39 is 9.61 Å². The van der Waals surface area contributed by atoms with Crippen LogP contribution >= 0.6 is 34.8 Å². The number of nitrogens with zero attached hydrogens (tertiary/aromatic N) is 2. The smallest absolute Gasteiger partial charge is 0.232 e. The zero-order valence-electron chi connectivity index (χ0n) is 13.7. The summed E-state index contributed by atoms with van der Waals surface area (Å²) >= 11 is 17.7. The number of halogens is 4. The fourth-order valence-electron chi connectivity index (χ4n) is 2.46. The third kappa shape index (κ3) is 4.85. The fraction of sp³-hybridized carbons (Fsp3) is 0.471. The van der Waals surface area contributed by atoms with E-state index in [1.807, 2.05) is 0 Å². The molecule has 0 N–H and O–H groups in total. The quantitative estimate of drug-likeness (QED) is 0.471. The lowest BCUT2D eigenvalue weighted by Gasteiger charge is -2.18. The van der Waals surface area contributed by atoms with Crippen molar-refractivity contribution < 1.29 is 9.13 Å². The number of hydrogen-bond acceptors (Lipinski definition) is 3. The van der Waals surface area contributed by atoms with E-state index in [0.717, 1.165) is 26.1 Å². The molecule has 1 aromatic heterocycles. The van der Waals surface area contributed by atoms with Crippen LogP contribution in [0.25, 0.3) is 10.9 Å². The minimum atomic E-state index is -1.74. The van der Waals surface area contributed by atoms with Crippen LogP contribution in [0, 0.1) is 5.82 Å². The molecule has 0 spiro atoms. The topological polar surface area (TPSA) is 25.4 Å². The molecule has 0 saturated heterocycles. The number of alkyl halides is 3. The van der Waals surface area contributed by atoms with Gasteiger partial charge < -0.3 is 9.64 Å². The predicted octanol–water partition coefficient (Wildman–Crippen LogP) is 5.31. The van der Waals surface area contributed by atoms with Crippen LogP contribution in [-0.4, -0.2) is 36.1 Å². The summed E-state index contributed by atoms with van der Waals surface area (Å²) in [6.07, 6.45) is 0.851. The molecule has 24 heavy (non-hydrogen) atoms. The Morgan fingerprint density at radius 3 is 2.54 bits per heavy atom. The van der Waals surface area contributed by atoms with Crippen molar-refractivity contribution in [3.63, 3.8) is 0 Å². The molecule has 2 rings (SSSR count). The van der Waals surface area contributed by atoms with Crippen LogP contribution in [0.2, 0.25) is 0 Å². The van der Waals surface area contributed by atoms with Gasteiger partial charge in [-0.15, -0.1) is 0 Å². The van der Waals surface area contributed by atoms with Crippen LogP contribution in [0.5, 0.6) is 5.75 Å². The Kier molecular flexibility index (Phi) is 6.93. The summed E-state index contributed by atoms with van der Waals surface area (Å²) in [5, 5.41) is 0.566. The van der Waals surface area contributed by atoms with Crippen LogP contribution in [0.1, 0.15) is 26.0 Å². The van der Waals surface area contributed by atoms with Crippen LogP contribution in [-0.2, 0) is 3.79 Å². The minimum absolute atomic E-state index is 0.139. The number of rotatable bonds is 7. The van der Waals surface area contributed by atoms with Crippen molar-refractivity contribution in [3.05, 3.63) is 35.8 Å².